The number of ether oxygens (including phenoxy) is 2. The van der Waals surface area contributed by atoms with Crippen molar-refractivity contribution in [1.82, 2.24) is 4.90 Å². The van der Waals surface area contributed by atoms with Crippen LogP contribution in [0.2, 0.25) is 0 Å². The van der Waals surface area contributed by atoms with Crippen LogP contribution in [-0.4, -0.2) is 30.6 Å². The van der Waals surface area contributed by atoms with E-state index in [-0.39, 0.29) is 5.91 Å². The molecule has 4 nitrogen and oxygen atoms in total. The topological polar surface area (TPSA) is 38.8 Å². The zero-order valence-electron chi connectivity index (χ0n) is 14.5. The van der Waals surface area contributed by atoms with Crippen molar-refractivity contribution in [3.8, 4) is 11.5 Å². The molecule has 1 amide bonds. The van der Waals surface area contributed by atoms with Crippen molar-refractivity contribution in [3.63, 3.8) is 0 Å². The lowest BCUT2D eigenvalue weighted by Crippen LogP contribution is -2.36. The number of carbonyl (C=O) groups excluding carboxylic acids is 1. The van der Waals surface area contributed by atoms with Crippen LogP contribution in [0.5, 0.6) is 11.5 Å². The molecule has 132 valence electrons. The van der Waals surface area contributed by atoms with E-state index in [1.165, 1.54) is 5.56 Å². The Morgan fingerprint density at radius 1 is 1.04 bits per heavy atom. The molecule has 2 aromatic carbocycles. The van der Waals surface area contributed by atoms with Crippen LogP contribution in [0, 0.1) is 0 Å². The summed E-state index contributed by atoms with van der Waals surface area (Å²) < 4.78 is 12.4. The average Bonchev–Trinajstić information content (AvgIpc) is 2.62. The van der Waals surface area contributed by atoms with Gasteiger partial charge in [0.05, 0.1) is 13.2 Å². The van der Waals surface area contributed by atoms with E-state index in [1.54, 1.807) is 0 Å². The summed E-state index contributed by atoms with van der Waals surface area (Å²) in [7, 11) is 0. The van der Waals surface area contributed by atoms with E-state index in [9.17, 15) is 4.79 Å². The van der Waals surface area contributed by atoms with Crippen molar-refractivity contribution >= 4 is 21.8 Å². The fourth-order valence-corrected chi connectivity index (χ4v) is 3.31. The van der Waals surface area contributed by atoms with E-state index in [0.29, 0.717) is 31.9 Å². The third-order valence-electron chi connectivity index (χ3n) is 4.26. The number of carbonyl (C=O) groups is 1. The molecule has 5 heteroatoms. The fourth-order valence-electron chi connectivity index (χ4n) is 3.05. The van der Waals surface area contributed by atoms with Gasteiger partial charge in [-0.2, -0.15) is 0 Å². The molecule has 1 aliphatic heterocycles. The second-order valence-corrected chi connectivity index (χ2v) is 6.83. The normalized spacial score (nSPS) is 13.3. The van der Waals surface area contributed by atoms with E-state index in [4.69, 9.17) is 9.47 Å². The molecule has 0 fully saturated rings. The summed E-state index contributed by atoms with van der Waals surface area (Å²) in [6.45, 7) is 6.41. The molecule has 0 saturated heterocycles. The summed E-state index contributed by atoms with van der Waals surface area (Å²) >= 11 is 3.40. The largest absolute Gasteiger partial charge is 0.490 e. The number of nitrogens with zero attached hydrogens (tertiary/aromatic N) is 1. The quantitative estimate of drug-likeness (QED) is 0.740. The van der Waals surface area contributed by atoms with Gasteiger partial charge in [0.1, 0.15) is 0 Å². The van der Waals surface area contributed by atoms with Gasteiger partial charge in [0.2, 0.25) is 0 Å². The zero-order chi connectivity index (χ0) is 17.8. The number of hydrogen-bond donors (Lipinski definition) is 0. The van der Waals surface area contributed by atoms with E-state index in [1.807, 2.05) is 49.1 Å². The lowest BCUT2D eigenvalue weighted by Gasteiger charge is -2.30. The Morgan fingerprint density at radius 3 is 2.24 bits per heavy atom. The van der Waals surface area contributed by atoms with Crippen molar-refractivity contribution in [1.29, 1.82) is 0 Å². The van der Waals surface area contributed by atoms with Gasteiger partial charge in [-0.1, -0.05) is 15.9 Å². The van der Waals surface area contributed by atoms with Gasteiger partial charge in [-0.3, -0.25) is 4.79 Å². The third kappa shape index (κ3) is 3.98. The maximum atomic E-state index is 12.8. The lowest BCUT2D eigenvalue weighted by molar-refractivity contribution is 0.0734. The van der Waals surface area contributed by atoms with Gasteiger partial charge in [-0.05, 0) is 67.8 Å². The molecule has 0 spiro atoms. The highest BCUT2D eigenvalue weighted by atomic mass is 79.9. The summed E-state index contributed by atoms with van der Waals surface area (Å²) in [5.74, 6) is 1.60. The summed E-state index contributed by atoms with van der Waals surface area (Å²) in [5, 5.41) is 0. The molecule has 0 N–H and O–H groups in total. The van der Waals surface area contributed by atoms with Crippen LogP contribution in [0.3, 0.4) is 0 Å². The Labute approximate surface area is 156 Å². The Morgan fingerprint density at radius 2 is 1.64 bits per heavy atom. The van der Waals surface area contributed by atoms with Gasteiger partial charge in [0, 0.05) is 23.1 Å². The van der Waals surface area contributed by atoms with Crippen molar-refractivity contribution in [3.05, 3.63) is 57.6 Å². The second kappa shape index (κ2) is 7.91. The van der Waals surface area contributed by atoms with Crippen LogP contribution in [0.15, 0.2) is 40.9 Å². The van der Waals surface area contributed by atoms with Crippen molar-refractivity contribution in [2.45, 2.75) is 26.8 Å². The van der Waals surface area contributed by atoms with Crippen molar-refractivity contribution in [2.75, 3.05) is 19.8 Å². The Kier molecular flexibility index (Phi) is 5.63. The van der Waals surface area contributed by atoms with Gasteiger partial charge >= 0.3 is 0 Å². The number of rotatable bonds is 5. The van der Waals surface area contributed by atoms with Crippen LogP contribution in [-0.2, 0) is 13.0 Å². The Bertz CT molecular complexity index is 758. The molecule has 2 aromatic rings. The standard InChI is InChI=1S/C20H22BrNO3/c1-3-24-18-11-15-9-10-22(13-16(15)12-19(18)25-4-2)20(23)14-5-7-17(21)8-6-14/h5-8,11-12H,3-4,9-10,13H2,1-2H3. The van der Waals surface area contributed by atoms with Gasteiger partial charge in [-0.25, -0.2) is 0 Å². The van der Waals surface area contributed by atoms with Crippen LogP contribution in [0.25, 0.3) is 0 Å². The van der Waals surface area contributed by atoms with E-state index in [2.05, 4.69) is 22.0 Å². The number of hydrogen-bond acceptors (Lipinski definition) is 3. The maximum Gasteiger partial charge on any atom is 0.254 e. The smallest absolute Gasteiger partial charge is 0.254 e. The van der Waals surface area contributed by atoms with Crippen molar-refractivity contribution in [2.24, 2.45) is 0 Å². The molecule has 0 unspecified atom stereocenters. The minimum atomic E-state index is 0.0602. The first-order chi connectivity index (χ1) is 12.1. The van der Waals surface area contributed by atoms with Gasteiger partial charge < -0.3 is 14.4 Å². The van der Waals surface area contributed by atoms with E-state index in [0.717, 1.165) is 28.0 Å². The highest BCUT2D eigenvalue weighted by Crippen LogP contribution is 2.34. The SMILES string of the molecule is CCOc1cc2c(cc1OCC)CN(C(=O)c1ccc(Br)cc1)CC2. The van der Waals surface area contributed by atoms with E-state index >= 15 is 0 Å². The minimum absolute atomic E-state index is 0.0602. The third-order valence-corrected chi connectivity index (χ3v) is 4.78. The number of benzene rings is 2. The average molecular weight is 404 g/mol. The van der Waals surface area contributed by atoms with Gasteiger partial charge in [0.25, 0.3) is 5.91 Å². The summed E-state index contributed by atoms with van der Waals surface area (Å²) in [5.41, 5.74) is 3.07. The molecule has 0 radical (unpaired) electrons. The molecule has 25 heavy (non-hydrogen) atoms. The van der Waals surface area contributed by atoms with E-state index < -0.39 is 0 Å². The summed E-state index contributed by atoms with van der Waals surface area (Å²) in [4.78, 5) is 14.6. The fraction of sp³-hybridized carbons (Fsp3) is 0.350. The van der Waals surface area contributed by atoms with Crippen LogP contribution in [0.1, 0.15) is 35.3 Å². The molecule has 0 saturated carbocycles. The molecule has 3 rings (SSSR count). The number of fused-ring (bicyclic) bond motifs is 1. The molecule has 1 heterocycles. The van der Waals surface area contributed by atoms with Crippen molar-refractivity contribution < 1.29 is 14.3 Å². The Balaban J connectivity index is 1.83. The molecule has 0 aromatic heterocycles. The first-order valence-corrected chi connectivity index (χ1v) is 9.38. The van der Waals surface area contributed by atoms with Gasteiger partial charge in [-0.15, -0.1) is 0 Å². The van der Waals surface area contributed by atoms with Crippen LogP contribution in [0.4, 0.5) is 0 Å². The molecule has 1 aliphatic rings. The minimum Gasteiger partial charge on any atom is -0.490 e. The highest BCUT2D eigenvalue weighted by molar-refractivity contribution is 9.10. The Hall–Kier alpha value is -2.01. The first kappa shape index (κ1) is 17.8. The second-order valence-electron chi connectivity index (χ2n) is 5.92. The molecular weight excluding hydrogens is 382 g/mol. The highest BCUT2D eigenvalue weighted by Gasteiger charge is 2.23. The summed E-state index contributed by atoms with van der Waals surface area (Å²) in [6, 6.07) is 11.6. The predicted molar refractivity (Wildman–Crippen MR) is 101 cm³/mol. The van der Waals surface area contributed by atoms with Gasteiger partial charge in [0.15, 0.2) is 11.5 Å². The van der Waals surface area contributed by atoms with Crippen LogP contribution >= 0.6 is 15.9 Å². The number of amides is 1. The lowest BCUT2D eigenvalue weighted by atomic mass is 9.98. The molecule has 0 aliphatic carbocycles. The monoisotopic (exact) mass is 403 g/mol. The molecular formula is C20H22BrNO3. The molecule has 0 bridgehead atoms. The maximum absolute atomic E-state index is 12.8. The molecule has 0 atom stereocenters. The van der Waals surface area contributed by atoms with Crippen LogP contribution < -0.4 is 9.47 Å². The first-order valence-electron chi connectivity index (χ1n) is 8.58. The number of halogens is 1. The summed E-state index contributed by atoms with van der Waals surface area (Å²) in [6.07, 6.45) is 0.823. The predicted octanol–water partition coefficient (Wildman–Crippen LogP) is 4.45. The zero-order valence-corrected chi connectivity index (χ0v) is 16.1.